The van der Waals surface area contributed by atoms with Gasteiger partial charge in [-0.1, -0.05) is 47.4 Å². The summed E-state index contributed by atoms with van der Waals surface area (Å²) in [6.45, 7) is 5.53. The molecule has 1 aromatic carbocycles. The maximum atomic E-state index is 5.88. The molecule has 0 N–H and O–H groups in total. The molecule has 0 saturated carbocycles. The molecule has 0 amide bonds. The van der Waals surface area contributed by atoms with E-state index in [1.807, 2.05) is 13.0 Å². The van der Waals surface area contributed by atoms with Crippen LogP contribution in [0.2, 0.25) is 10.0 Å². The van der Waals surface area contributed by atoms with Gasteiger partial charge in [-0.25, -0.2) is 0 Å². The van der Waals surface area contributed by atoms with Crippen LogP contribution in [0.4, 0.5) is 0 Å². The first-order chi connectivity index (χ1) is 6.50. The van der Waals surface area contributed by atoms with Crippen molar-refractivity contribution < 1.29 is 0 Å². The molecule has 0 saturated heterocycles. The second kappa shape index (κ2) is 4.88. The largest absolute Gasteiger partial charge is 0.0850 e. The van der Waals surface area contributed by atoms with Gasteiger partial charge in [-0.15, -0.1) is 0 Å². The van der Waals surface area contributed by atoms with Crippen LogP contribution in [0.3, 0.4) is 0 Å². The molecule has 14 heavy (non-hydrogen) atoms. The summed E-state index contributed by atoms with van der Waals surface area (Å²) in [6.07, 6.45) is 1.78. The summed E-state index contributed by atoms with van der Waals surface area (Å²) in [5, 5.41) is 1.58. The highest BCUT2D eigenvalue weighted by Crippen LogP contribution is 2.26. The van der Waals surface area contributed by atoms with Gasteiger partial charge in [0.15, 0.2) is 0 Å². The number of rotatable bonds is 2. The molecule has 1 aromatic rings. The Morgan fingerprint density at radius 3 is 2.43 bits per heavy atom. The van der Waals surface area contributed by atoms with Gasteiger partial charge in [0, 0.05) is 5.03 Å². The number of allylic oxidation sites excluding steroid dienone is 3. The van der Waals surface area contributed by atoms with E-state index in [0.29, 0.717) is 15.1 Å². The predicted molar refractivity (Wildman–Crippen MR) is 65.1 cm³/mol. The molecule has 0 heterocycles. The first-order valence-electron chi connectivity index (χ1n) is 3.99. The molecule has 0 unspecified atom stereocenters. The van der Waals surface area contributed by atoms with E-state index in [4.69, 9.17) is 34.8 Å². The summed E-state index contributed by atoms with van der Waals surface area (Å²) in [5.74, 6) is 0. The second-order valence-corrected chi connectivity index (χ2v) is 4.20. The summed E-state index contributed by atoms with van der Waals surface area (Å²) in [4.78, 5) is 0. The third-order valence-electron chi connectivity index (χ3n) is 1.75. The molecule has 0 aromatic heterocycles. The Balaban J connectivity index is 3.09. The highest BCUT2D eigenvalue weighted by molar-refractivity contribution is 6.42. The fraction of sp³-hybridized carbons (Fsp3) is 0.0909. The SMILES string of the molecule is C=C(Cl)C=C(C)c1ccc(Cl)c(Cl)c1. The monoisotopic (exact) mass is 246 g/mol. The van der Waals surface area contributed by atoms with Crippen LogP contribution in [-0.2, 0) is 0 Å². The van der Waals surface area contributed by atoms with E-state index in [1.54, 1.807) is 18.2 Å². The van der Waals surface area contributed by atoms with Gasteiger partial charge in [-0.05, 0) is 36.3 Å². The maximum absolute atomic E-state index is 5.88. The van der Waals surface area contributed by atoms with Gasteiger partial charge in [0.05, 0.1) is 10.0 Å². The fourth-order valence-electron chi connectivity index (χ4n) is 1.06. The van der Waals surface area contributed by atoms with E-state index in [0.717, 1.165) is 11.1 Å². The lowest BCUT2D eigenvalue weighted by Crippen LogP contribution is -1.80. The van der Waals surface area contributed by atoms with E-state index < -0.39 is 0 Å². The minimum atomic E-state index is 0.494. The molecule has 0 radical (unpaired) electrons. The fourth-order valence-corrected chi connectivity index (χ4v) is 1.52. The Bertz CT molecular complexity index is 392. The van der Waals surface area contributed by atoms with E-state index in [1.165, 1.54) is 0 Å². The highest BCUT2D eigenvalue weighted by Gasteiger charge is 2.00. The Morgan fingerprint density at radius 1 is 1.29 bits per heavy atom. The van der Waals surface area contributed by atoms with Crippen molar-refractivity contribution in [3.8, 4) is 0 Å². The molecule has 1 rings (SSSR count). The molecule has 74 valence electrons. The molecule has 0 aliphatic rings. The normalized spacial score (nSPS) is 11.6. The summed E-state index contributed by atoms with van der Waals surface area (Å²) in [5.41, 5.74) is 1.99. The maximum Gasteiger partial charge on any atom is 0.0598 e. The van der Waals surface area contributed by atoms with E-state index in [-0.39, 0.29) is 0 Å². The van der Waals surface area contributed by atoms with Crippen molar-refractivity contribution in [2.45, 2.75) is 6.92 Å². The number of hydrogen-bond acceptors (Lipinski definition) is 0. The van der Waals surface area contributed by atoms with Crippen molar-refractivity contribution in [3.05, 3.63) is 51.5 Å². The summed E-state index contributed by atoms with van der Waals surface area (Å²) in [6, 6.07) is 5.45. The van der Waals surface area contributed by atoms with Crippen LogP contribution in [0.15, 0.2) is 35.9 Å². The molecule has 0 aliphatic carbocycles. The quantitative estimate of drug-likeness (QED) is 0.634. The molecule has 0 bridgehead atoms. The second-order valence-electron chi connectivity index (χ2n) is 2.90. The van der Waals surface area contributed by atoms with Crippen LogP contribution in [0.25, 0.3) is 5.57 Å². The predicted octanol–water partition coefficient (Wildman–Crippen LogP) is 5.15. The average Bonchev–Trinajstić information content (AvgIpc) is 2.08. The Hall–Kier alpha value is -0.430. The van der Waals surface area contributed by atoms with Crippen LogP contribution in [0.1, 0.15) is 12.5 Å². The summed E-state index contributed by atoms with van der Waals surface area (Å²) in [7, 11) is 0. The van der Waals surface area contributed by atoms with Crippen molar-refractivity contribution in [3.63, 3.8) is 0 Å². The number of halogens is 3. The topological polar surface area (TPSA) is 0 Å². The van der Waals surface area contributed by atoms with Gasteiger partial charge >= 0.3 is 0 Å². The van der Waals surface area contributed by atoms with Crippen molar-refractivity contribution >= 4 is 40.4 Å². The van der Waals surface area contributed by atoms with E-state index in [2.05, 4.69) is 6.58 Å². The minimum Gasteiger partial charge on any atom is -0.0850 e. The van der Waals surface area contributed by atoms with Gasteiger partial charge in [-0.3, -0.25) is 0 Å². The molecule has 0 fully saturated rings. The first kappa shape index (κ1) is 11.6. The smallest absolute Gasteiger partial charge is 0.0598 e. The highest BCUT2D eigenvalue weighted by atomic mass is 35.5. The number of hydrogen-bond donors (Lipinski definition) is 0. The molecule has 3 heteroatoms. The lowest BCUT2D eigenvalue weighted by atomic mass is 10.1. The lowest BCUT2D eigenvalue weighted by molar-refractivity contribution is 1.56. The van der Waals surface area contributed by atoms with Gasteiger partial charge < -0.3 is 0 Å². The first-order valence-corrected chi connectivity index (χ1v) is 5.12. The zero-order valence-electron chi connectivity index (χ0n) is 7.65. The Kier molecular flexibility index (Phi) is 4.06. The van der Waals surface area contributed by atoms with Gasteiger partial charge in [0.25, 0.3) is 0 Å². The van der Waals surface area contributed by atoms with Crippen LogP contribution in [0, 0.1) is 0 Å². The van der Waals surface area contributed by atoms with Gasteiger partial charge in [-0.2, -0.15) is 0 Å². The molecule has 0 spiro atoms. The standard InChI is InChI=1S/C11H9Cl3/c1-7(5-8(2)12)9-3-4-10(13)11(14)6-9/h3-6H,2H2,1H3. The van der Waals surface area contributed by atoms with E-state index in [9.17, 15) is 0 Å². The van der Waals surface area contributed by atoms with E-state index >= 15 is 0 Å². The van der Waals surface area contributed by atoms with Crippen LogP contribution in [0.5, 0.6) is 0 Å². The summed E-state index contributed by atoms with van der Waals surface area (Å²) < 4.78 is 0. The zero-order valence-corrected chi connectivity index (χ0v) is 9.92. The molecule has 0 atom stereocenters. The average molecular weight is 248 g/mol. The van der Waals surface area contributed by atoms with Crippen LogP contribution in [-0.4, -0.2) is 0 Å². The molecule has 0 nitrogen and oxygen atoms in total. The Labute approximate surface area is 98.8 Å². The van der Waals surface area contributed by atoms with Gasteiger partial charge in [0.1, 0.15) is 0 Å². The Morgan fingerprint density at radius 2 is 1.93 bits per heavy atom. The molecular weight excluding hydrogens is 238 g/mol. The van der Waals surface area contributed by atoms with Crippen molar-refractivity contribution in [1.82, 2.24) is 0 Å². The van der Waals surface area contributed by atoms with Crippen molar-refractivity contribution in [1.29, 1.82) is 0 Å². The van der Waals surface area contributed by atoms with Crippen molar-refractivity contribution in [2.75, 3.05) is 0 Å². The number of benzene rings is 1. The zero-order chi connectivity index (χ0) is 10.7. The van der Waals surface area contributed by atoms with Crippen LogP contribution < -0.4 is 0 Å². The lowest BCUT2D eigenvalue weighted by Gasteiger charge is -2.03. The van der Waals surface area contributed by atoms with Gasteiger partial charge in [0.2, 0.25) is 0 Å². The minimum absolute atomic E-state index is 0.494. The van der Waals surface area contributed by atoms with Crippen molar-refractivity contribution in [2.24, 2.45) is 0 Å². The third-order valence-corrected chi connectivity index (χ3v) is 2.60. The molecule has 0 aliphatic heterocycles. The van der Waals surface area contributed by atoms with Crippen LogP contribution >= 0.6 is 34.8 Å². The third kappa shape index (κ3) is 3.06. The summed E-state index contributed by atoms with van der Waals surface area (Å²) >= 11 is 17.3. The molecular formula is C11H9Cl3.